The molecule has 0 saturated carbocycles. The Morgan fingerprint density at radius 1 is 1.47 bits per heavy atom. The van der Waals surface area contributed by atoms with E-state index < -0.39 is 0 Å². The lowest BCUT2D eigenvalue weighted by Gasteiger charge is -1.99. The van der Waals surface area contributed by atoms with Crippen LogP contribution in [-0.2, 0) is 6.42 Å². The molecule has 0 aromatic carbocycles. The smallest absolute Gasteiger partial charge is 0.227 e. The van der Waals surface area contributed by atoms with Gasteiger partial charge in [0.15, 0.2) is 0 Å². The van der Waals surface area contributed by atoms with Crippen molar-refractivity contribution in [2.75, 3.05) is 0 Å². The molecule has 0 saturated heterocycles. The molecule has 6 heteroatoms. The summed E-state index contributed by atoms with van der Waals surface area (Å²) in [5.74, 6) is 1.11. The fourth-order valence-electron chi connectivity index (χ4n) is 1.32. The van der Waals surface area contributed by atoms with Crippen molar-refractivity contribution >= 4 is 15.9 Å². The van der Waals surface area contributed by atoms with Gasteiger partial charge in [0.1, 0.15) is 5.69 Å². The molecule has 0 aliphatic rings. The number of rotatable bonds is 4. The average Bonchev–Trinajstić information content (AvgIpc) is 2.76. The van der Waals surface area contributed by atoms with Gasteiger partial charge in [-0.1, -0.05) is 5.16 Å². The van der Waals surface area contributed by atoms with E-state index in [1.54, 1.807) is 6.20 Å². The van der Waals surface area contributed by atoms with E-state index in [-0.39, 0.29) is 6.04 Å². The average molecular weight is 297 g/mol. The molecule has 90 valence electrons. The van der Waals surface area contributed by atoms with E-state index in [9.17, 15) is 0 Å². The number of halogens is 1. The van der Waals surface area contributed by atoms with E-state index in [0.717, 1.165) is 10.9 Å². The summed E-state index contributed by atoms with van der Waals surface area (Å²) in [4.78, 5) is 8.47. The second-order valence-electron chi connectivity index (χ2n) is 3.89. The number of nitrogens with zero attached hydrogens (tertiary/aromatic N) is 3. The second-order valence-corrected chi connectivity index (χ2v) is 4.81. The first kappa shape index (κ1) is 12.2. The van der Waals surface area contributed by atoms with Crippen molar-refractivity contribution in [2.24, 2.45) is 5.73 Å². The molecule has 0 bridgehead atoms. The third kappa shape index (κ3) is 3.34. The van der Waals surface area contributed by atoms with Crippen LogP contribution in [0.3, 0.4) is 0 Å². The minimum atomic E-state index is 0.135. The van der Waals surface area contributed by atoms with E-state index in [2.05, 4.69) is 31.1 Å². The Bertz CT molecular complexity index is 480. The van der Waals surface area contributed by atoms with Crippen LogP contribution >= 0.6 is 15.9 Å². The molecule has 2 heterocycles. The van der Waals surface area contributed by atoms with Crippen molar-refractivity contribution in [1.82, 2.24) is 15.1 Å². The van der Waals surface area contributed by atoms with Gasteiger partial charge < -0.3 is 10.3 Å². The summed E-state index contributed by atoms with van der Waals surface area (Å²) in [5, 5.41) is 3.89. The zero-order valence-corrected chi connectivity index (χ0v) is 11.0. The highest BCUT2D eigenvalue weighted by Gasteiger charge is 2.09. The van der Waals surface area contributed by atoms with Crippen molar-refractivity contribution < 1.29 is 4.52 Å². The van der Waals surface area contributed by atoms with Crippen LogP contribution in [0.25, 0.3) is 11.5 Å². The molecule has 2 rings (SSSR count). The Hall–Kier alpha value is -1.27. The number of aromatic nitrogens is 3. The van der Waals surface area contributed by atoms with Gasteiger partial charge in [-0.3, -0.25) is 4.98 Å². The predicted octanol–water partition coefficient (Wildman–Crippen LogP) is 2.17. The van der Waals surface area contributed by atoms with Gasteiger partial charge in [0.05, 0.1) is 0 Å². The third-order valence-corrected chi connectivity index (χ3v) is 2.71. The molecule has 2 aromatic rings. The number of aryl methyl sites for hydroxylation is 1. The van der Waals surface area contributed by atoms with Crippen LogP contribution in [0.5, 0.6) is 0 Å². The van der Waals surface area contributed by atoms with Gasteiger partial charge in [-0.15, -0.1) is 0 Å². The molecule has 0 aliphatic carbocycles. The summed E-state index contributed by atoms with van der Waals surface area (Å²) in [5.41, 5.74) is 6.37. The van der Waals surface area contributed by atoms with Gasteiger partial charge in [-0.25, -0.2) is 0 Å². The first-order valence-electron chi connectivity index (χ1n) is 5.35. The number of nitrogens with two attached hydrogens (primary N) is 1. The van der Waals surface area contributed by atoms with Gasteiger partial charge in [-0.05, 0) is 41.4 Å². The summed E-state index contributed by atoms with van der Waals surface area (Å²) in [6, 6.07) is 3.86. The Labute approximate surface area is 108 Å². The Morgan fingerprint density at radius 2 is 2.29 bits per heavy atom. The van der Waals surface area contributed by atoms with Crippen molar-refractivity contribution in [1.29, 1.82) is 0 Å². The number of hydrogen-bond donors (Lipinski definition) is 1. The van der Waals surface area contributed by atoms with Gasteiger partial charge in [-0.2, -0.15) is 4.98 Å². The molecule has 1 atom stereocenters. The Balaban J connectivity index is 2.10. The molecule has 17 heavy (non-hydrogen) atoms. The fourth-order valence-corrected chi connectivity index (χ4v) is 1.55. The maximum atomic E-state index is 5.67. The molecular formula is C11H13BrN4O. The highest BCUT2D eigenvalue weighted by molar-refractivity contribution is 9.10. The van der Waals surface area contributed by atoms with Crippen molar-refractivity contribution in [3.8, 4) is 11.5 Å². The van der Waals surface area contributed by atoms with Gasteiger partial charge >= 0.3 is 0 Å². The molecule has 0 fully saturated rings. The molecule has 5 nitrogen and oxygen atoms in total. The lowest BCUT2D eigenvalue weighted by molar-refractivity contribution is 0.372. The predicted molar refractivity (Wildman–Crippen MR) is 67.2 cm³/mol. The van der Waals surface area contributed by atoms with Crippen LogP contribution in [0, 0.1) is 0 Å². The van der Waals surface area contributed by atoms with Crippen LogP contribution in [0.4, 0.5) is 0 Å². The van der Waals surface area contributed by atoms with Crippen LogP contribution in [0.2, 0.25) is 0 Å². The maximum absolute atomic E-state index is 5.67. The van der Waals surface area contributed by atoms with E-state index in [4.69, 9.17) is 10.3 Å². The normalized spacial score (nSPS) is 12.6. The summed E-state index contributed by atoms with van der Waals surface area (Å²) < 4.78 is 6.05. The second kappa shape index (κ2) is 5.37. The van der Waals surface area contributed by atoms with E-state index in [1.165, 1.54) is 0 Å². The summed E-state index contributed by atoms with van der Waals surface area (Å²) in [6.07, 6.45) is 3.23. The first-order chi connectivity index (χ1) is 8.15. The molecule has 0 amide bonds. The van der Waals surface area contributed by atoms with E-state index in [1.807, 2.05) is 19.1 Å². The summed E-state index contributed by atoms with van der Waals surface area (Å²) >= 11 is 3.32. The first-order valence-corrected chi connectivity index (χ1v) is 6.14. The summed E-state index contributed by atoms with van der Waals surface area (Å²) in [7, 11) is 0. The molecule has 1 unspecified atom stereocenters. The molecule has 0 spiro atoms. The molecule has 2 N–H and O–H groups in total. The van der Waals surface area contributed by atoms with Crippen LogP contribution < -0.4 is 5.73 Å². The van der Waals surface area contributed by atoms with Crippen LogP contribution in [0.1, 0.15) is 19.2 Å². The maximum Gasteiger partial charge on any atom is 0.227 e. The van der Waals surface area contributed by atoms with E-state index in [0.29, 0.717) is 23.8 Å². The Morgan fingerprint density at radius 3 is 2.94 bits per heavy atom. The minimum absolute atomic E-state index is 0.135. The van der Waals surface area contributed by atoms with Gasteiger partial charge in [0.2, 0.25) is 11.7 Å². The minimum Gasteiger partial charge on any atom is -0.339 e. The fraction of sp³-hybridized carbons (Fsp3) is 0.364. The molecular weight excluding hydrogens is 284 g/mol. The lowest BCUT2D eigenvalue weighted by atomic mass is 10.2. The van der Waals surface area contributed by atoms with E-state index >= 15 is 0 Å². The van der Waals surface area contributed by atoms with Gasteiger partial charge in [0, 0.05) is 23.1 Å². The highest BCUT2D eigenvalue weighted by atomic mass is 79.9. The largest absolute Gasteiger partial charge is 0.339 e. The molecule has 0 aliphatic heterocycles. The van der Waals surface area contributed by atoms with Crippen LogP contribution in [-0.4, -0.2) is 21.2 Å². The monoisotopic (exact) mass is 296 g/mol. The third-order valence-electron chi connectivity index (χ3n) is 2.24. The molecule has 2 aromatic heterocycles. The van der Waals surface area contributed by atoms with Gasteiger partial charge in [0.25, 0.3) is 0 Å². The molecule has 0 radical (unpaired) electrons. The van der Waals surface area contributed by atoms with Crippen molar-refractivity contribution in [3.63, 3.8) is 0 Å². The highest BCUT2D eigenvalue weighted by Crippen LogP contribution is 2.16. The SMILES string of the molecule is CC(N)CCc1nc(-c2ccc(Br)cn2)no1. The standard InChI is InChI=1S/C11H13BrN4O/c1-7(13)2-5-10-15-11(16-17-10)9-4-3-8(12)6-14-9/h3-4,6-7H,2,5,13H2,1H3. The summed E-state index contributed by atoms with van der Waals surface area (Å²) in [6.45, 7) is 1.95. The topological polar surface area (TPSA) is 77.8 Å². The Kier molecular flexibility index (Phi) is 3.86. The quantitative estimate of drug-likeness (QED) is 0.935. The lowest BCUT2D eigenvalue weighted by Crippen LogP contribution is -2.15. The number of pyridine rings is 1. The van der Waals surface area contributed by atoms with Crippen molar-refractivity contribution in [3.05, 3.63) is 28.7 Å². The van der Waals surface area contributed by atoms with Crippen molar-refractivity contribution in [2.45, 2.75) is 25.8 Å². The zero-order chi connectivity index (χ0) is 12.3. The zero-order valence-electron chi connectivity index (χ0n) is 9.43. The van der Waals surface area contributed by atoms with Crippen LogP contribution in [0.15, 0.2) is 27.3 Å². The number of hydrogen-bond acceptors (Lipinski definition) is 5.